The molecule has 5 saturated carbocycles. The summed E-state index contributed by atoms with van der Waals surface area (Å²) in [5.74, 6) is 5.12. The van der Waals surface area contributed by atoms with Crippen LogP contribution in [0, 0.1) is 29.6 Å². The Morgan fingerprint density at radius 2 is 1.47 bits per heavy atom. The van der Waals surface area contributed by atoms with Gasteiger partial charge in [-0.15, -0.1) is 0 Å². The van der Waals surface area contributed by atoms with E-state index in [1.807, 2.05) is 0 Å². The number of hydrogen-bond acceptors (Lipinski definition) is 2. The average molecular weight is 263 g/mol. The third-order valence-corrected chi connectivity index (χ3v) is 7.00. The van der Waals surface area contributed by atoms with Gasteiger partial charge in [-0.05, 0) is 81.1 Å². The van der Waals surface area contributed by atoms with E-state index in [9.17, 15) is 5.11 Å². The summed E-state index contributed by atoms with van der Waals surface area (Å²) < 4.78 is 0. The maximum atomic E-state index is 9.74. The Kier molecular flexibility index (Phi) is 3.15. The molecule has 0 radical (unpaired) electrons. The highest BCUT2D eigenvalue weighted by Crippen LogP contribution is 2.56. The van der Waals surface area contributed by atoms with Gasteiger partial charge in [0.25, 0.3) is 0 Å². The quantitative estimate of drug-likeness (QED) is 0.817. The number of rotatable bonds is 4. The zero-order valence-electron chi connectivity index (χ0n) is 12.1. The lowest BCUT2D eigenvalue weighted by Crippen LogP contribution is -2.53. The molecular weight excluding hydrogens is 234 g/mol. The molecule has 19 heavy (non-hydrogen) atoms. The number of aliphatic hydroxyl groups is 1. The highest BCUT2D eigenvalue weighted by Gasteiger charge is 2.48. The molecule has 0 amide bonds. The van der Waals surface area contributed by atoms with Crippen LogP contribution >= 0.6 is 0 Å². The molecule has 0 aromatic heterocycles. The lowest BCUT2D eigenvalue weighted by Gasteiger charge is -2.55. The van der Waals surface area contributed by atoms with Gasteiger partial charge in [0.2, 0.25) is 0 Å². The zero-order valence-corrected chi connectivity index (χ0v) is 12.1. The Morgan fingerprint density at radius 3 is 2.00 bits per heavy atom. The molecule has 5 aliphatic rings. The van der Waals surface area contributed by atoms with Crippen molar-refractivity contribution in [2.24, 2.45) is 29.6 Å². The van der Waals surface area contributed by atoms with Crippen molar-refractivity contribution in [3.8, 4) is 0 Å². The van der Waals surface area contributed by atoms with Crippen LogP contribution in [0.4, 0.5) is 0 Å². The van der Waals surface area contributed by atoms with Crippen molar-refractivity contribution in [1.82, 2.24) is 5.32 Å². The first kappa shape index (κ1) is 12.6. The average Bonchev–Trinajstić information content (AvgIpc) is 2.86. The zero-order chi connectivity index (χ0) is 12.9. The molecule has 0 unspecified atom stereocenters. The molecule has 0 heterocycles. The van der Waals surface area contributed by atoms with Crippen LogP contribution < -0.4 is 5.32 Å². The smallest absolute Gasteiger partial charge is 0.0613 e. The Bertz CT molecular complexity index is 306. The second kappa shape index (κ2) is 4.73. The van der Waals surface area contributed by atoms with Gasteiger partial charge in [0.15, 0.2) is 0 Å². The van der Waals surface area contributed by atoms with Gasteiger partial charge >= 0.3 is 0 Å². The standard InChI is InChI=1S/C17H29NO/c19-11-17(3-1-2-4-17)18-10-16-14-6-12-5-13(8-14)9-15(16)7-12/h12-16,18-19H,1-11H2. The summed E-state index contributed by atoms with van der Waals surface area (Å²) in [6.45, 7) is 1.54. The molecule has 4 bridgehead atoms. The molecule has 5 fully saturated rings. The van der Waals surface area contributed by atoms with Crippen molar-refractivity contribution in [2.45, 2.75) is 63.3 Å². The van der Waals surface area contributed by atoms with E-state index in [4.69, 9.17) is 0 Å². The van der Waals surface area contributed by atoms with Gasteiger partial charge in [0.05, 0.1) is 6.61 Å². The van der Waals surface area contributed by atoms with Crippen LogP contribution in [0.1, 0.15) is 57.8 Å². The molecule has 0 aromatic carbocycles. The topological polar surface area (TPSA) is 32.3 Å². The predicted molar refractivity (Wildman–Crippen MR) is 76.8 cm³/mol. The van der Waals surface area contributed by atoms with E-state index in [1.165, 1.54) is 57.9 Å². The number of aliphatic hydroxyl groups excluding tert-OH is 1. The van der Waals surface area contributed by atoms with Crippen molar-refractivity contribution in [3.63, 3.8) is 0 Å². The second-order valence-corrected chi connectivity index (χ2v) is 8.12. The summed E-state index contributed by atoms with van der Waals surface area (Å²) in [4.78, 5) is 0. The first-order valence-electron chi connectivity index (χ1n) is 8.64. The minimum atomic E-state index is 0.0919. The summed E-state index contributed by atoms with van der Waals surface area (Å²) in [6.07, 6.45) is 12.6. The second-order valence-electron chi connectivity index (χ2n) is 8.12. The van der Waals surface area contributed by atoms with E-state index in [0.717, 1.165) is 29.6 Å². The number of hydrogen-bond donors (Lipinski definition) is 2. The minimum absolute atomic E-state index is 0.0919. The van der Waals surface area contributed by atoms with Gasteiger partial charge in [-0.3, -0.25) is 0 Å². The molecule has 0 saturated heterocycles. The summed E-state index contributed by atoms with van der Waals surface area (Å²) in [7, 11) is 0. The van der Waals surface area contributed by atoms with E-state index in [1.54, 1.807) is 6.42 Å². The van der Waals surface area contributed by atoms with E-state index in [-0.39, 0.29) is 5.54 Å². The molecule has 5 rings (SSSR count). The maximum absolute atomic E-state index is 9.74. The summed E-state index contributed by atoms with van der Waals surface area (Å²) in [6, 6.07) is 0. The molecule has 0 spiro atoms. The van der Waals surface area contributed by atoms with Gasteiger partial charge in [-0.25, -0.2) is 0 Å². The molecule has 0 atom stereocenters. The van der Waals surface area contributed by atoms with E-state index in [0.29, 0.717) is 6.61 Å². The first-order chi connectivity index (χ1) is 9.28. The van der Waals surface area contributed by atoms with Crippen LogP contribution in [-0.2, 0) is 0 Å². The van der Waals surface area contributed by atoms with Gasteiger partial charge in [-0.1, -0.05) is 12.8 Å². The molecule has 2 nitrogen and oxygen atoms in total. The minimum Gasteiger partial charge on any atom is -0.394 e. The summed E-state index contributed by atoms with van der Waals surface area (Å²) >= 11 is 0. The Balaban J connectivity index is 1.40. The monoisotopic (exact) mass is 263 g/mol. The third kappa shape index (κ3) is 2.15. The van der Waals surface area contributed by atoms with Crippen LogP contribution in [-0.4, -0.2) is 23.8 Å². The van der Waals surface area contributed by atoms with E-state index >= 15 is 0 Å². The fourth-order valence-corrected chi connectivity index (χ4v) is 6.15. The van der Waals surface area contributed by atoms with Crippen molar-refractivity contribution in [3.05, 3.63) is 0 Å². The van der Waals surface area contributed by atoms with Crippen LogP contribution in [0.15, 0.2) is 0 Å². The molecule has 2 N–H and O–H groups in total. The maximum Gasteiger partial charge on any atom is 0.0613 e. The normalized spacial score (nSPS) is 46.9. The van der Waals surface area contributed by atoms with Crippen molar-refractivity contribution in [1.29, 1.82) is 0 Å². The lowest BCUT2D eigenvalue weighted by atomic mass is 9.52. The molecule has 2 heteroatoms. The molecule has 0 aromatic rings. The van der Waals surface area contributed by atoms with Crippen LogP contribution in [0.5, 0.6) is 0 Å². The third-order valence-electron chi connectivity index (χ3n) is 7.00. The fourth-order valence-electron chi connectivity index (χ4n) is 6.15. The van der Waals surface area contributed by atoms with Crippen molar-refractivity contribution in [2.75, 3.05) is 13.2 Å². The van der Waals surface area contributed by atoms with Gasteiger partial charge < -0.3 is 10.4 Å². The Morgan fingerprint density at radius 1 is 0.895 bits per heavy atom. The van der Waals surface area contributed by atoms with E-state index < -0.39 is 0 Å². The van der Waals surface area contributed by atoms with Gasteiger partial charge in [-0.2, -0.15) is 0 Å². The van der Waals surface area contributed by atoms with Crippen LogP contribution in [0.2, 0.25) is 0 Å². The lowest BCUT2D eigenvalue weighted by molar-refractivity contribution is -0.0393. The summed E-state index contributed by atoms with van der Waals surface area (Å²) in [5.41, 5.74) is 0.0919. The van der Waals surface area contributed by atoms with Crippen LogP contribution in [0.3, 0.4) is 0 Å². The fraction of sp³-hybridized carbons (Fsp3) is 1.00. The highest BCUT2D eigenvalue weighted by atomic mass is 16.3. The molecular formula is C17H29NO. The largest absolute Gasteiger partial charge is 0.394 e. The molecule has 0 aliphatic heterocycles. The van der Waals surface area contributed by atoms with Crippen molar-refractivity contribution >= 4 is 0 Å². The van der Waals surface area contributed by atoms with E-state index in [2.05, 4.69) is 5.32 Å². The molecule has 108 valence electrons. The van der Waals surface area contributed by atoms with Crippen LogP contribution in [0.25, 0.3) is 0 Å². The first-order valence-corrected chi connectivity index (χ1v) is 8.64. The molecule has 5 aliphatic carbocycles. The van der Waals surface area contributed by atoms with Gasteiger partial charge in [0, 0.05) is 5.54 Å². The number of nitrogens with one attached hydrogen (secondary N) is 1. The summed E-state index contributed by atoms with van der Waals surface area (Å²) in [5, 5.41) is 13.6. The predicted octanol–water partition coefficient (Wildman–Crippen LogP) is 2.95. The Labute approximate surface area is 117 Å². The highest BCUT2D eigenvalue weighted by molar-refractivity contribution is 5.00. The van der Waals surface area contributed by atoms with Gasteiger partial charge in [0.1, 0.15) is 0 Å². The SMILES string of the molecule is OCC1(NCC2C3CC4CC(C3)CC2C4)CCCC1. The Hall–Kier alpha value is -0.0800. The van der Waals surface area contributed by atoms with Crippen molar-refractivity contribution < 1.29 is 5.11 Å².